The van der Waals surface area contributed by atoms with E-state index in [1.54, 1.807) is 16.8 Å². The van der Waals surface area contributed by atoms with Crippen LogP contribution in [0.15, 0.2) is 53.4 Å². The van der Waals surface area contributed by atoms with Crippen LogP contribution < -0.4 is 4.72 Å². The van der Waals surface area contributed by atoms with Crippen LogP contribution in [-0.4, -0.2) is 37.2 Å². The number of rotatable bonds is 8. The van der Waals surface area contributed by atoms with Gasteiger partial charge in [0.25, 0.3) is 10.0 Å². The molecule has 0 unspecified atom stereocenters. The van der Waals surface area contributed by atoms with Crippen molar-refractivity contribution >= 4 is 15.7 Å². The van der Waals surface area contributed by atoms with Crippen molar-refractivity contribution in [3.05, 3.63) is 65.5 Å². The molecule has 0 saturated heterocycles. The van der Waals surface area contributed by atoms with Crippen molar-refractivity contribution in [3.63, 3.8) is 0 Å². The van der Waals surface area contributed by atoms with Crippen molar-refractivity contribution in [1.82, 2.24) is 14.7 Å². The number of hydrogen-bond acceptors (Lipinski definition) is 4. The third-order valence-electron chi connectivity index (χ3n) is 5.20. The Morgan fingerprint density at radius 2 is 1.55 bits per heavy atom. The van der Waals surface area contributed by atoms with Crippen LogP contribution in [0.5, 0.6) is 0 Å². The van der Waals surface area contributed by atoms with Crippen LogP contribution in [0.1, 0.15) is 30.8 Å². The zero-order chi connectivity index (χ0) is 22.8. The van der Waals surface area contributed by atoms with Crippen LogP contribution >= 0.6 is 0 Å². The highest BCUT2D eigenvalue weighted by atomic mass is 32.2. The van der Waals surface area contributed by atoms with Crippen LogP contribution in [0.3, 0.4) is 0 Å². The first-order valence-electron chi connectivity index (χ1n) is 10.5. The second-order valence-electron chi connectivity index (χ2n) is 8.69. The average Bonchev–Trinajstić information content (AvgIpc) is 2.95. The Bertz CT molecular complexity index is 1130. The summed E-state index contributed by atoms with van der Waals surface area (Å²) in [5.74, 6) is 0.376. The fourth-order valence-corrected chi connectivity index (χ4v) is 4.67. The molecule has 6 nitrogen and oxygen atoms in total. The maximum Gasteiger partial charge on any atom is 0.262 e. The highest BCUT2D eigenvalue weighted by Crippen LogP contribution is 2.27. The van der Waals surface area contributed by atoms with Crippen LogP contribution in [0.2, 0.25) is 0 Å². The van der Waals surface area contributed by atoms with Gasteiger partial charge in [0.2, 0.25) is 0 Å². The van der Waals surface area contributed by atoms with Gasteiger partial charge in [0.15, 0.2) is 0 Å². The summed E-state index contributed by atoms with van der Waals surface area (Å²) in [6.45, 7) is 6.94. The Morgan fingerprint density at radius 1 is 1.00 bits per heavy atom. The number of anilines is 1. The Labute approximate surface area is 186 Å². The van der Waals surface area contributed by atoms with Crippen molar-refractivity contribution in [2.45, 2.75) is 38.6 Å². The Balaban J connectivity index is 1.82. The van der Waals surface area contributed by atoms with Gasteiger partial charge in [-0.15, -0.1) is 0 Å². The molecular formula is C24H32N4O2S. The van der Waals surface area contributed by atoms with Gasteiger partial charge >= 0.3 is 0 Å². The van der Waals surface area contributed by atoms with Gasteiger partial charge in [0.1, 0.15) is 0 Å². The largest absolute Gasteiger partial charge is 0.305 e. The van der Waals surface area contributed by atoms with Crippen LogP contribution in [0, 0.1) is 12.8 Å². The predicted molar refractivity (Wildman–Crippen MR) is 127 cm³/mol. The number of benzene rings is 2. The Morgan fingerprint density at radius 3 is 2.06 bits per heavy atom. The lowest BCUT2D eigenvalue weighted by atomic mass is 10.0. The summed E-state index contributed by atoms with van der Waals surface area (Å²) in [6, 6.07) is 15.3. The number of aryl methyl sites for hydroxylation is 1. The van der Waals surface area contributed by atoms with Crippen LogP contribution in [0.25, 0.3) is 11.1 Å². The summed E-state index contributed by atoms with van der Waals surface area (Å²) in [5, 5.41) is 4.49. The van der Waals surface area contributed by atoms with E-state index in [4.69, 9.17) is 0 Å². The van der Waals surface area contributed by atoms with Gasteiger partial charge in [-0.1, -0.05) is 50.2 Å². The highest BCUT2D eigenvalue weighted by Gasteiger charge is 2.21. The van der Waals surface area contributed by atoms with E-state index in [0.717, 1.165) is 29.1 Å². The molecule has 1 aromatic heterocycles. The molecular weight excluding hydrogens is 408 g/mol. The number of aromatic nitrogens is 2. The molecule has 31 heavy (non-hydrogen) atoms. The summed E-state index contributed by atoms with van der Waals surface area (Å²) in [7, 11) is 2.20. The zero-order valence-corrected chi connectivity index (χ0v) is 20.0. The number of nitrogens with one attached hydrogen (secondary N) is 1. The van der Waals surface area contributed by atoms with E-state index in [1.165, 1.54) is 5.56 Å². The lowest BCUT2D eigenvalue weighted by Crippen LogP contribution is -2.15. The number of nitrogens with zero attached hydrogens (tertiary/aromatic N) is 3. The first kappa shape index (κ1) is 23.0. The minimum absolute atomic E-state index is 0.235. The molecule has 0 aliphatic heterocycles. The van der Waals surface area contributed by atoms with Crippen molar-refractivity contribution in [2.75, 3.05) is 18.8 Å². The van der Waals surface area contributed by atoms with Crippen molar-refractivity contribution in [1.29, 1.82) is 0 Å². The summed E-state index contributed by atoms with van der Waals surface area (Å²) < 4.78 is 30.6. The first-order chi connectivity index (χ1) is 14.6. The molecule has 1 heterocycles. The topological polar surface area (TPSA) is 67.2 Å². The van der Waals surface area contributed by atoms with E-state index in [1.807, 2.05) is 40.2 Å². The summed E-state index contributed by atoms with van der Waals surface area (Å²) in [4.78, 5) is 2.36. The van der Waals surface area contributed by atoms with Crippen LogP contribution in [0.4, 0.5) is 5.69 Å². The fraction of sp³-hybridized carbons (Fsp3) is 0.375. The van der Waals surface area contributed by atoms with Crippen molar-refractivity contribution in [3.8, 4) is 11.1 Å². The molecule has 0 spiro atoms. The van der Waals surface area contributed by atoms with Gasteiger partial charge in [0, 0.05) is 13.6 Å². The smallest absolute Gasteiger partial charge is 0.262 e. The maximum absolute atomic E-state index is 13.0. The average molecular weight is 441 g/mol. The molecule has 3 rings (SSSR count). The SMILES string of the molecule is Cc1c(NS(=O)(=O)c2ccc(-c3ccc(CN(C)C)cc3)cc2)c(CC(C)C)nn1C. The quantitative estimate of drug-likeness (QED) is 0.562. The molecule has 3 aromatic rings. The molecule has 0 aliphatic carbocycles. The van der Waals surface area contributed by atoms with Gasteiger partial charge in [-0.2, -0.15) is 5.10 Å². The van der Waals surface area contributed by atoms with E-state index in [0.29, 0.717) is 18.0 Å². The molecule has 0 saturated carbocycles. The van der Waals surface area contributed by atoms with Gasteiger partial charge in [-0.05, 0) is 62.2 Å². The summed E-state index contributed by atoms with van der Waals surface area (Å²) >= 11 is 0. The van der Waals surface area contributed by atoms with E-state index in [9.17, 15) is 8.42 Å². The lowest BCUT2D eigenvalue weighted by molar-refractivity contribution is 0.402. The van der Waals surface area contributed by atoms with E-state index in [2.05, 4.69) is 52.8 Å². The molecule has 0 amide bonds. The molecule has 2 aromatic carbocycles. The molecule has 7 heteroatoms. The molecule has 0 aliphatic rings. The van der Waals surface area contributed by atoms with Gasteiger partial charge < -0.3 is 4.90 Å². The monoisotopic (exact) mass is 440 g/mol. The van der Waals surface area contributed by atoms with Gasteiger partial charge in [0.05, 0.1) is 22.0 Å². The minimum atomic E-state index is -3.71. The minimum Gasteiger partial charge on any atom is -0.305 e. The Kier molecular flexibility index (Phi) is 6.86. The second-order valence-corrected chi connectivity index (χ2v) is 10.4. The fourth-order valence-electron chi connectivity index (χ4n) is 3.53. The van der Waals surface area contributed by atoms with E-state index < -0.39 is 10.0 Å². The maximum atomic E-state index is 13.0. The third-order valence-corrected chi connectivity index (χ3v) is 6.56. The molecule has 0 radical (unpaired) electrons. The van der Waals surface area contributed by atoms with Gasteiger partial charge in [-0.25, -0.2) is 8.42 Å². The molecule has 166 valence electrons. The highest BCUT2D eigenvalue weighted by molar-refractivity contribution is 7.92. The van der Waals surface area contributed by atoms with E-state index >= 15 is 0 Å². The van der Waals surface area contributed by atoms with E-state index in [-0.39, 0.29) is 4.90 Å². The zero-order valence-electron chi connectivity index (χ0n) is 19.2. The summed E-state index contributed by atoms with van der Waals surface area (Å²) in [6.07, 6.45) is 0.711. The normalized spacial score (nSPS) is 12.0. The predicted octanol–water partition coefficient (Wildman–Crippen LogP) is 4.46. The van der Waals surface area contributed by atoms with Crippen molar-refractivity contribution in [2.24, 2.45) is 13.0 Å². The lowest BCUT2D eigenvalue weighted by Gasteiger charge is -2.12. The molecule has 0 bridgehead atoms. The Hall–Kier alpha value is -2.64. The molecule has 0 fully saturated rings. The summed E-state index contributed by atoms with van der Waals surface area (Å²) in [5.41, 5.74) is 5.43. The molecule has 1 N–H and O–H groups in total. The third kappa shape index (κ3) is 5.54. The number of sulfonamides is 1. The second kappa shape index (κ2) is 9.24. The van der Waals surface area contributed by atoms with Crippen molar-refractivity contribution < 1.29 is 8.42 Å². The standard InChI is InChI=1S/C24H32N4O2S/c1-17(2)15-23-24(18(3)28(6)25-23)26-31(29,30)22-13-11-21(12-14-22)20-9-7-19(8-10-20)16-27(4)5/h7-14,17,26H,15-16H2,1-6H3. The number of hydrogen-bond donors (Lipinski definition) is 1. The molecule has 0 atom stereocenters. The van der Waals surface area contributed by atoms with Gasteiger partial charge in [-0.3, -0.25) is 9.40 Å². The first-order valence-corrected chi connectivity index (χ1v) is 11.9. The van der Waals surface area contributed by atoms with Crippen LogP contribution in [-0.2, 0) is 30.0 Å².